The summed E-state index contributed by atoms with van der Waals surface area (Å²) in [6.45, 7) is 1.14. The quantitative estimate of drug-likeness (QED) is 0.911. The van der Waals surface area contributed by atoms with Gasteiger partial charge in [0.1, 0.15) is 5.52 Å². The van der Waals surface area contributed by atoms with Crippen LogP contribution in [0, 0.1) is 6.42 Å². The molecular weight excluding hydrogens is 329 g/mol. The van der Waals surface area contributed by atoms with Gasteiger partial charge < -0.3 is 10.2 Å². The molecule has 0 atom stereocenters. The first kappa shape index (κ1) is 16.0. The van der Waals surface area contributed by atoms with Crippen molar-refractivity contribution < 1.29 is 18.0 Å². The van der Waals surface area contributed by atoms with Gasteiger partial charge in [0, 0.05) is 25.5 Å². The predicted molar refractivity (Wildman–Crippen MR) is 81.6 cm³/mol. The maximum absolute atomic E-state index is 13.3. The minimum Gasteiger partial charge on any atom is -0.355 e. The summed E-state index contributed by atoms with van der Waals surface area (Å²) in [5, 5.41) is 3.81. The van der Waals surface area contributed by atoms with E-state index in [2.05, 4.69) is 21.7 Å². The number of hydrogen-bond donors (Lipinski definition) is 1. The van der Waals surface area contributed by atoms with Crippen molar-refractivity contribution in [1.82, 2.24) is 15.3 Å². The van der Waals surface area contributed by atoms with Gasteiger partial charge in [-0.25, -0.2) is 9.97 Å². The topological polar surface area (TPSA) is 58.1 Å². The third kappa shape index (κ3) is 2.97. The number of thiophene rings is 1. The fraction of sp³-hybridized carbons (Fsp3) is 0.429. The molecule has 1 aliphatic heterocycles. The van der Waals surface area contributed by atoms with E-state index in [0.29, 0.717) is 13.1 Å². The van der Waals surface area contributed by atoms with Gasteiger partial charge in [-0.3, -0.25) is 4.79 Å². The molecule has 1 fully saturated rings. The fourth-order valence-corrected chi connectivity index (χ4v) is 3.48. The molecular formula is C14H14F3N4OS. The zero-order valence-electron chi connectivity index (χ0n) is 12.3. The highest BCUT2D eigenvalue weighted by Crippen LogP contribution is 2.38. The van der Waals surface area contributed by atoms with Crippen LogP contribution in [0.15, 0.2) is 5.38 Å². The van der Waals surface area contributed by atoms with Crippen LogP contribution < -0.4 is 10.2 Å². The van der Waals surface area contributed by atoms with Crippen molar-refractivity contribution in [3.05, 3.63) is 23.1 Å². The lowest BCUT2D eigenvalue weighted by Gasteiger charge is -2.27. The van der Waals surface area contributed by atoms with Crippen LogP contribution >= 0.6 is 11.3 Å². The lowest BCUT2D eigenvalue weighted by molar-refractivity contribution is -0.139. The Balaban J connectivity index is 2.19. The first-order valence-electron chi connectivity index (χ1n) is 7.07. The molecule has 0 saturated carbocycles. The second kappa shape index (κ2) is 5.95. The van der Waals surface area contributed by atoms with Crippen molar-refractivity contribution in [1.29, 1.82) is 0 Å². The molecule has 9 heteroatoms. The number of carbonyl (C=O) groups is 1. The largest absolute Gasteiger partial charge is 0.434 e. The first-order chi connectivity index (χ1) is 10.9. The minimum atomic E-state index is -4.59. The standard InChI is InChI=1S/C14H14F3N4OS/c1-18-12(22)8-7-23-10-9(8)19-13(20-11(10)14(15,16)17)21-5-3-2-4-6-21/h2,7H,3-6H2,1H3,(H,18,22). The van der Waals surface area contributed by atoms with Crippen molar-refractivity contribution in [3.63, 3.8) is 0 Å². The number of fused-ring (bicyclic) bond motifs is 1. The molecule has 0 unspecified atom stereocenters. The van der Waals surface area contributed by atoms with Gasteiger partial charge in [-0.15, -0.1) is 11.3 Å². The van der Waals surface area contributed by atoms with Gasteiger partial charge in [-0.2, -0.15) is 13.2 Å². The van der Waals surface area contributed by atoms with Gasteiger partial charge >= 0.3 is 6.18 Å². The number of carbonyl (C=O) groups excluding carboxylic acids is 1. The Kier molecular flexibility index (Phi) is 4.13. The van der Waals surface area contributed by atoms with Gasteiger partial charge in [0.25, 0.3) is 5.91 Å². The van der Waals surface area contributed by atoms with E-state index in [-0.39, 0.29) is 21.7 Å². The Hall–Kier alpha value is -1.90. The van der Waals surface area contributed by atoms with Crippen LogP contribution in [-0.2, 0) is 6.18 Å². The fourth-order valence-electron chi connectivity index (χ4n) is 2.49. The SMILES string of the molecule is CNC(=O)c1csc2c(C(F)(F)F)nc(N3CC[CH]CC3)nc12. The van der Waals surface area contributed by atoms with Crippen LogP contribution in [0.25, 0.3) is 10.2 Å². The number of amides is 1. The lowest BCUT2D eigenvalue weighted by Crippen LogP contribution is -2.32. The molecule has 5 nitrogen and oxygen atoms in total. The van der Waals surface area contributed by atoms with Crippen molar-refractivity contribution in [2.45, 2.75) is 19.0 Å². The molecule has 3 heterocycles. The summed E-state index contributed by atoms with van der Waals surface area (Å²) < 4.78 is 39.9. The van der Waals surface area contributed by atoms with Crippen LogP contribution in [-0.4, -0.2) is 36.0 Å². The molecule has 0 aromatic carbocycles. The van der Waals surface area contributed by atoms with E-state index in [9.17, 15) is 18.0 Å². The summed E-state index contributed by atoms with van der Waals surface area (Å²) in [7, 11) is 1.43. The lowest BCUT2D eigenvalue weighted by atomic mass is 10.1. The highest BCUT2D eigenvalue weighted by atomic mass is 32.1. The normalized spacial score (nSPS) is 15.9. The Labute approximate surface area is 134 Å². The Bertz CT molecular complexity index is 737. The highest BCUT2D eigenvalue weighted by molar-refractivity contribution is 7.17. The minimum absolute atomic E-state index is 0.0291. The van der Waals surface area contributed by atoms with E-state index in [0.717, 1.165) is 24.2 Å². The van der Waals surface area contributed by atoms with Crippen molar-refractivity contribution in [2.75, 3.05) is 25.0 Å². The number of piperidine rings is 1. The Morgan fingerprint density at radius 3 is 2.61 bits per heavy atom. The smallest absolute Gasteiger partial charge is 0.355 e. The highest BCUT2D eigenvalue weighted by Gasteiger charge is 2.37. The number of nitrogens with zero attached hydrogens (tertiary/aromatic N) is 3. The average molecular weight is 343 g/mol. The van der Waals surface area contributed by atoms with Crippen molar-refractivity contribution >= 4 is 33.4 Å². The molecule has 1 N–H and O–H groups in total. The van der Waals surface area contributed by atoms with Crippen LogP contribution in [0.2, 0.25) is 0 Å². The molecule has 0 spiro atoms. The summed E-state index contributed by atoms with van der Waals surface area (Å²) in [6.07, 6.45) is -0.966. The monoisotopic (exact) mass is 343 g/mol. The molecule has 2 aromatic heterocycles. The molecule has 23 heavy (non-hydrogen) atoms. The molecule has 1 amide bonds. The summed E-state index contributed by atoms with van der Waals surface area (Å²) >= 11 is 0.836. The number of hydrogen-bond acceptors (Lipinski definition) is 5. The summed E-state index contributed by atoms with van der Waals surface area (Å²) in [5.41, 5.74) is -0.779. The Morgan fingerprint density at radius 2 is 2.00 bits per heavy atom. The third-order valence-electron chi connectivity index (χ3n) is 3.63. The molecule has 3 rings (SSSR count). The van der Waals surface area contributed by atoms with Crippen molar-refractivity contribution in [2.24, 2.45) is 0 Å². The van der Waals surface area contributed by atoms with Crippen LogP contribution in [0.1, 0.15) is 28.9 Å². The van der Waals surface area contributed by atoms with Gasteiger partial charge in [-0.1, -0.05) is 0 Å². The molecule has 0 aliphatic carbocycles. The molecule has 1 radical (unpaired) electrons. The van der Waals surface area contributed by atoms with E-state index in [1.165, 1.54) is 12.4 Å². The number of aromatic nitrogens is 2. The van der Waals surface area contributed by atoms with Gasteiger partial charge in [0.05, 0.1) is 10.3 Å². The first-order valence-corrected chi connectivity index (χ1v) is 7.95. The Morgan fingerprint density at radius 1 is 1.30 bits per heavy atom. The number of anilines is 1. The van der Waals surface area contributed by atoms with Crippen molar-refractivity contribution in [3.8, 4) is 0 Å². The molecule has 1 saturated heterocycles. The van der Waals surface area contributed by atoms with Gasteiger partial charge in [-0.05, 0) is 19.3 Å². The van der Waals surface area contributed by atoms with E-state index in [1.54, 1.807) is 4.90 Å². The zero-order valence-corrected chi connectivity index (χ0v) is 13.1. The van der Waals surface area contributed by atoms with E-state index in [4.69, 9.17) is 0 Å². The van der Waals surface area contributed by atoms with Gasteiger partial charge in [0.2, 0.25) is 5.95 Å². The number of rotatable bonds is 2. The van der Waals surface area contributed by atoms with Crippen LogP contribution in [0.3, 0.4) is 0 Å². The zero-order chi connectivity index (χ0) is 16.6. The molecule has 1 aliphatic rings. The molecule has 123 valence electrons. The van der Waals surface area contributed by atoms with E-state index >= 15 is 0 Å². The maximum Gasteiger partial charge on any atom is 0.434 e. The second-order valence-corrected chi connectivity index (χ2v) is 6.01. The number of nitrogens with one attached hydrogen (secondary N) is 1. The maximum atomic E-state index is 13.3. The summed E-state index contributed by atoms with van der Waals surface area (Å²) in [4.78, 5) is 21.6. The summed E-state index contributed by atoms with van der Waals surface area (Å²) in [5.74, 6) is -0.428. The van der Waals surface area contributed by atoms with Crippen LogP contribution in [0.5, 0.6) is 0 Å². The average Bonchev–Trinajstić information content (AvgIpc) is 2.97. The molecule has 0 bridgehead atoms. The molecule has 2 aromatic rings. The van der Waals surface area contributed by atoms with E-state index in [1.807, 2.05) is 0 Å². The second-order valence-electron chi connectivity index (χ2n) is 5.13. The predicted octanol–water partition coefficient (Wildman–Crippen LogP) is 2.87. The number of halogens is 3. The summed E-state index contributed by atoms with van der Waals surface area (Å²) in [6, 6.07) is 0. The van der Waals surface area contributed by atoms with Gasteiger partial charge in [0.15, 0.2) is 5.69 Å². The van der Waals surface area contributed by atoms with Crippen LogP contribution in [0.4, 0.5) is 19.1 Å². The number of alkyl halides is 3. The van der Waals surface area contributed by atoms with E-state index < -0.39 is 17.8 Å². The third-order valence-corrected chi connectivity index (χ3v) is 4.61.